The Bertz CT molecular complexity index is 1260. The number of hydrogen-bond donors (Lipinski definition) is 0. The molecule has 1 saturated heterocycles. The van der Waals surface area contributed by atoms with Crippen molar-refractivity contribution in [3.8, 4) is 17.0 Å². The monoisotopic (exact) mass is 571 g/mol. The summed E-state index contributed by atoms with van der Waals surface area (Å²) in [6.45, 7) is 2.96. The van der Waals surface area contributed by atoms with E-state index in [1.807, 2.05) is 42.5 Å². The zero-order valence-electron chi connectivity index (χ0n) is 26.0. The molecule has 0 N–H and O–H groups in total. The van der Waals surface area contributed by atoms with E-state index in [2.05, 4.69) is 35.9 Å². The summed E-state index contributed by atoms with van der Waals surface area (Å²) in [7, 11) is 0. The molecule has 2 aromatic carbocycles. The van der Waals surface area contributed by atoms with Crippen molar-refractivity contribution in [3.63, 3.8) is 0 Å². The first-order valence-electron chi connectivity index (χ1n) is 17.0. The lowest BCUT2D eigenvalue weighted by Crippen LogP contribution is -2.28. The van der Waals surface area contributed by atoms with Crippen LogP contribution in [0.1, 0.15) is 122 Å². The molecule has 4 rings (SSSR count). The number of pyridine rings is 1. The van der Waals surface area contributed by atoms with Crippen molar-refractivity contribution in [2.75, 3.05) is 6.61 Å². The van der Waals surface area contributed by atoms with E-state index < -0.39 is 0 Å². The van der Waals surface area contributed by atoms with Gasteiger partial charge in [-0.05, 0) is 37.8 Å². The van der Waals surface area contributed by atoms with Crippen molar-refractivity contribution in [2.45, 2.75) is 129 Å². The third kappa shape index (κ3) is 9.87. The number of ether oxygens (including phenoxy) is 2. The van der Waals surface area contributed by atoms with Crippen molar-refractivity contribution in [1.29, 1.82) is 0 Å². The predicted molar refractivity (Wildman–Crippen MR) is 178 cm³/mol. The van der Waals surface area contributed by atoms with E-state index >= 15 is 0 Å². The molecule has 0 amide bonds. The first-order chi connectivity index (χ1) is 20.8. The molecule has 1 fully saturated rings. The average Bonchev–Trinajstić information content (AvgIpc) is 3.03. The van der Waals surface area contributed by atoms with Crippen LogP contribution in [0, 0.1) is 0 Å². The van der Waals surface area contributed by atoms with E-state index in [9.17, 15) is 4.79 Å². The maximum atomic E-state index is 13.8. The minimum Gasteiger partial charge on any atom is -0.459 e. The smallest absolute Gasteiger partial charge is 0.232 e. The van der Waals surface area contributed by atoms with Crippen molar-refractivity contribution >= 4 is 17.1 Å². The van der Waals surface area contributed by atoms with Crippen LogP contribution in [0.4, 0.5) is 0 Å². The second-order valence-electron chi connectivity index (χ2n) is 11.9. The Morgan fingerprint density at radius 1 is 0.786 bits per heavy atom. The lowest BCUT2D eigenvalue weighted by Gasteiger charge is -2.26. The number of benzene rings is 2. The van der Waals surface area contributed by atoms with Crippen LogP contribution in [0.3, 0.4) is 0 Å². The number of hydrogen-bond acceptors (Lipinski definition) is 3. The number of nitrogens with zero attached hydrogens (tertiary/aromatic N) is 1. The summed E-state index contributed by atoms with van der Waals surface area (Å²) in [5.41, 5.74) is 2.59. The molecule has 1 aliphatic heterocycles. The molecule has 4 heteroatoms. The quantitative estimate of drug-likeness (QED) is 0.134. The summed E-state index contributed by atoms with van der Waals surface area (Å²) in [6, 6.07) is 18.0. The van der Waals surface area contributed by atoms with Crippen molar-refractivity contribution < 1.29 is 9.47 Å². The summed E-state index contributed by atoms with van der Waals surface area (Å²) in [4.78, 5) is 13.8. The Labute approximate surface area is 254 Å². The Morgan fingerprint density at radius 3 is 2.05 bits per heavy atom. The summed E-state index contributed by atoms with van der Waals surface area (Å²) < 4.78 is 14.4. The van der Waals surface area contributed by atoms with Crippen LogP contribution < -0.4 is 10.2 Å². The Balaban J connectivity index is 1.33. The van der Waals surface area contributed by atoms with E-state index in [1.54, 1.807) is 0 Å². The van der Waals surface area contributed by atoms with Crippen LogP contribution in [0.25, 0.3) is 28.4 Å². The highest BCUT2D eigenvalue weighted by molar-refractivity contribution is 5.88. The van der Waals surface area contributed by atoms with Crippen LogP contribution in [-0.4, -0.2) is 17.5 Å². The average molecular weight is 572 g/mol. The van der Waals surface area contributed by atoms with E-state index in [1.165, 1.54) is 89.9 Å². The fourth-order valence-electron chi connectivity index (χ4n) is 6.04. The normalized spacial score (nSPS) is 15.5. The van der Waals surface area contributed by atoms with Gasteiger partial charge in [-0.25, -0.2) is 0 Å². The first kappa shape index (κ1) is 32.1. The van der Waals surface area contributed by atoms with Gasteiger partial charge in [0.2, 0.25) is 5.43 Å². The summed E-state index contributed by atoms with van der Waals surface area (Å²) in [5.74, 6) is 0.382. The number of aromatic nitrogens is 1. The number of allylic oxidation sites excluding steroid dienone is 1. The zero-order valence-corrected chi connectivity index (χ0v) is 26.0. The third-order valence-electron chi connectivity index (χ3n) is 8.48. The molecule has 1 unspecified atom stereocenters. The van der Waals surface area contributed by atoms with E-state index in [0.29, 0.717) is 17.7 Å². The molecule has 1 aromatic heterocycles. The second-order valence-corrected chi connectivity index (χ2v) is 11.9. The molecule has 228 valence electrons. The number of unbranched alkanes of at least 4 members (excludes halogenated alkanes) is 14. The highest BCUT2D eigenvalue weighted by Gasteiger charge is 2.23. The molecule has 1 aliphatic rings. The largest absolute Gasteiger partial charge is 0.459 e. The highest BCUT2D eigenvalue weighted by atomic mass is 16.7. The molecule has 3 aromatic rings. The number of rotatable bonds is 19. The number of para-hydroxylation sites is 1. The molecule has 0 saturated carbocycles. The lowest BCUT2D eigenvalue weighted by atomic mass is 10.0. The summed E-state index contributed by atoms with van der Waals surface area (Å²) in [6.07, 6.45) is 27.1. The molecule has 0 radical (unpaired) electrons. The van der Waals surface area contributed by atoms with Gasteiger partial charge < -0.3 is 14.0 Å². The van der Waals surface area contributed by atoms with Crippen LogP contribution in [0.5, 0.6) is 5.75 Å². The van der Waals surface area contributed by atoms with Crippen molar-refractivity contribution in [3.05, 3.63) is 70.9 Å². The minimum absolute atomic E-state index is 0.0738. The zero-order chi connectivity index (χ0) is 29.2. The van der Waals surface area contributed by atoms with Gasteiger partial charge in [-0.15, -0.1) is 0 Å². The second kappa shape index (κ2) is 18.6. The topological polar surface area (TPSA) is 40.5 Å². The molecule has 0 bridgehead atoms. The molecule has 0 aliphatic carbocycles. The Morgan fingerprint density at radius 2 is 1.40 bits per heavy atom. The fraction of sp³-hybridized carbons (Fsp3) is 0.553. The number of fused-ring (bicyclic) bond motifs is 1. The van der Waals surface area contributed by atoms with Gasteiger partial charge in [0.1, 0.15) is 0 Å². The Kier molecular flexibility index (Phi) is 14.2. The maximum absolute atomic E-state index is 13.8. The van der Waals surface area contributed by atoms with E-state index in [0.717, 1.165) is 42.5 Å². The van der Waals surface area contributed by atoms with Gasteiger partial charge in [0.15, 0.2) is 12.0 Å². The molecule has 4 nitrogen and oxygen atoms in total. The van der Waals surface area contributed by atoms with Gasteiger partial charge in [-0.1, -0.05) is 139 Å². The summed E-state index contributed by atoms with van der Waals surface area (Å²) in [5, 5.41) is 0.670. The van der Waals surface area contributed by atoms with Gasteiger partial charge in [-0.3, -0.25) is 4.79 Å². The SMILES string of the molecule is CCCCCCCCCCCCCCCCC=Cn1c(-c2ccccc2)c(OC2CCCCO2)c(=O)c2ccccc21. The molecule has 42 heavy (non-hydrogen) atoms. The van der Waals surface area contributed by atoms with Crippen molar-refractivity contribution in [2.24, 2.45) is 0 Å². The van der Waals surface area contributed by atoms with Gasteiger partial charge in [0.25, 0.3) is 0 Å². The molecular weight excluding hydrogens is 518 g/mol. The molecular formula is C38H53NO3. The Hall–Kier alpha value is -2.85. The standard InChI is InChI=1S/C38H53NO3/c1-2-3-4-5-6-7-8-9-10-11-12-13-14-15-16-23-30-39-34-28-21-20-27-33(34)37(40)38(42-35-29-22-24-31-41-35)36(39)32-25-18-17-19-26-32/h17-21,23,25-28,30,35H,2-16,22,24,29,31H2,1H3. The minimum atomic E-state index is -0.386. The van der Waals surface area contributed by atoms with Crippen LogP contribution in [0.15, 0.2) is 65.5 Å². The van der Waals surface area contributed by atoms with Gasteiger partial charge in [0, 0.05) is 23.6 Å². The van der Waals surface area contributed by atoms with Crippen LogP contribution >= 0.6 is 0 Å². The summed E-state index contributed by atoms with van der Waals surface area (Å²) >= 11 is 0. The first-order valence-corrected chi connectivity index (χ1v) is 17.0. The highest BCUT2D eigenvalue weighted by Crippen LogP contribution is 2.33. The maximum Gasteiger partial charge on any atom is 0.232 e. The lowest BCUT2D eigenvalue weighted by molar-refractivity contribution is -0.106. The van der Waals surface area contributed by atoms with E-state index in [4.69, 9.17) is 9.47 Å². The van der Waals surface area contributed by atoms with Crippen LogP contribution in [0.2, 0.25) is 0 Å². The van der Waals surface area contributed by atoms with Crippen LogP contribution in [-0.2, 0) is 4.74 Å². The van der Waals surface area contributed by atoms with Gasteiger partial charge >= 0.3 is 0 Å². The van der Waals surface area contributed by atoms with Gasteiger partial charge in [0.05, 0.1) is 17.8 Å². The molecule has 2 heterocycles. The fourth-order valence-corrected chi connectivity index (χ4v) is 6.04. The third-order valence-corrected chi connectivity index (χ3v) is 8.48. The van der Waals surface area contributed by atoms with E-state index in [-0.39, 0.29) is 11.7 Å². The molecule has 0 spiro atoms. The van der Waals surface area contributed by atoms with Crippen molar-refractivity contribution in [1.82, 2.24) is 4.57 Å². The predicted octanol–water partition coefficient (Wildman–Crippen LogP) is 10.9. The van der Waals surface area contributed by atoms with Gasteiger partial charge in [-0.2, -0.15) is 0 Å². The molecule has 1 atom stereocenters.